The van der Waals surface area contributed by atoms with Crippen LogP contribution in [-0.4, -0.2) is 47.2 Å². The minimum Gasteiger partial charge on any atom is -0.298 e. The molecule has 0 radical (unpaired) electrons. The van der Waals surface area contributed by atoms with Crippen molar-refractivity contribution in [2.75, 3.05) is 20.6 Å². The molecule has 4 rings (SSSR count). The molecule has 166 valence electrons. The van der Waals surface area contributed by atoms with Crippen molar-refractivity contribution in [3.8, 4) is 0 Å². The summed E-state index contributed by atoms with van der Waals surface area (Å²) in [4.78, 5) is 18.9. The van der Waals surface area contributed by atoms with Crippen molar-refractivity contribution in [2.45, 2.75) is 25.9 Å². The number of hydrogen-bond donors (Lipinski definition) is 0. The van der Waals surface area contributed by atoms with E-state index >= 15 is 0 Å². The van der Waals surface area contributed by atoms with Crippen molar-refractivity contribution >= 4 is 55.0 Å². The first-order valence-electron chi connectivity index (χ1n) is 9.41. The maximum atomic E-state index is 14.3. The summed E-state index contributed by atoms with van der Waals surface area (Å²) < 4.78 is 43.2. The zero-order valence-corrected chi connectivity index (χ0v) is 19.9. The van der Waals surface area contributed by atoms with Crippen LogP contribution in [0.25, 0.3) is 10.2 Å². The molecule has 0 spiro atoms. The van der Waals surface area contributed by atoms with Gasteiger partial charge in [-0.05, 0) is 30.5 Å². The number of fused-ring (bicyclic) bond motifs is 3. The van der Waals surface area contributed by atoms with Gasteiger partial charge in [0.25, 0.3) is 15.8 Å². The van der Waals surface area contributed by atoms with Crippen molar-refractivity contribution in [3.05, 3.63) is 60.7 Å². The van der Waals surface area contributed by atoms with Crippen LogP contribution in [0.4, 0.5) is 4.39 Å². The van der Waals surface area contributed by atoms with Crippen LogP contribution in [0.5, 0.6) is 0 Å². The lowest BCUT2D eigenvalue weighted by Gasteiger charge is -2.28. The number of aryl methyl sites for hydroxylation is 1. The fraction of sp³-hybridized carbons (Fsp3) is 0.368. The van der Waals surface area contributed by atoms with Gasteiger partial charge in [-0.15, -0.1) is 11.3 Å². The lowest BCUT2D eigenvalue weighted by atomic mass is 10.1. The predicted molar refractivity (Wildman–Crippen MR) is 121 cm³/mol. The Morgan fingerprint density at radius 1 is 1.26 bits per heavy atom. The highest BCUT2D eigenvalue weighted by atomic mass is 35.5. The molecular weight excluding hydrogens is 486 g/mol. The molecule has 2 aromatic heterocycles. The van der Waals surface area contributed by atoms with Crippen molar-refractivity contribution in [3.63, 3.8) is 0 Å². The molecule has 0 N–H and O–H groups in total. The summed E-state index contributed by atoms with van der Waals surface area (Å²) in [7, 11) is -0.556. The highest BCUT2D eigenvalue weighted by molar-refractivity contribution is 7.86. The van der Waals surface area contributed by atoms with Crippen LogP contribution < -0.4 is 5.56 Å². The average Bonchev–Trinajstić information content (AvgIpc) is 3.10. The van der Waals surface area contributed by atoms with Crippen molar-refractivity contribution in [1.82, 2.24) is 18.2 Å². The fourth-order valence-electron chi connectivity index (χ4n) is 3.61. The van der Waals surface area contributed by atoms with Gasteiger partial charge in [-0.1, -0.05) is 23.2 Å². The Hall–Kier alpha value is -1.56. The highest BCUT2D eigenvalue weighted by Gasteiger charge is 2.31. The summed E-state index contributed by atoms with van der Waals surface area (Å²) in [5.41, 5.74) is 0.854. The van der Waals surface area contributed by atoms with Crippen LogP contribution in [0.2, 0.25) is 10.0 Å². The molecule has 0 bridgehead atoms. The maximum Gasteiger partial charge on any atom is 0.281 e. The molecule has 12 heteroatoms. The van der Waals surface area contributed by atoms with E-state index in [2.05, 4.69) is 4.98 Å². The fourth-order valence-corrected chi connectivity index (χ4v) is 6.38. The van der Waals surface area contributed by atoms with Gasteiger partial charge in [0.2, 0.25) is 0 Å². The predicted octanol–water partition coefficient (Wildman–Crippen LogP) is 3.31. The Kier molecular flexibility index (Phi) is 6.14. The van der Waals surface area contributed by atoms with E-state index in [0.717, 1.165) is 10.4 Å². The molecule has 1 aromatic carbocycles. The molecular formula is C19H19Cl2FN4O3S2. The molecule has 0 saturated carbocycles. The van der Waals surface area contributed by atoms with E-state index in [1.807, 2.05) is 0 Å². The van der Waals surface area contributed by atoms with E-state index in [0.29, 0.717) is 16.6 Å². The Bertz CT molecular complexity index is 1340. The topological polar surface area (TPSA) is 75.5 Å². The maximum absolute atomic E-state index is 14.3. The largest absolute Gasteiger partial charge is 0.298 e. The third-order valence-corrected chi connectivity index (χ3v) is 8.98. The van der Waals surface area contributed by atoms with Gasteiger partial charge in [0.15, 0.2) is 0 Å². The summed E-state index contributed by atoms with van der Waals surface area (Å²) in [6, 6.07) is 2.91. The number of thiophene rings is 1. The van der Waals surface area contributed by atoms with Crippen LogP contribution >= 0.6 is 34.5 Å². The van der Waals surface area contributed by atoms with E-state index < -0.39 is 16.0 Å². The normalized spacial score (nSPS) is 15.0. The van der Waals surface area contributed by atoms with E-state index in [1.165, 1.54) is 57.1 Å². The third kappa shape index (κ3) is 4.01. The second kappa shape index (κ2) is 8.42. The zero-order chi connectivity index (χ0) is 22.5. The second-order valence-corrected chi connectivity index (χ2v) is 11.4. The lowest BCUT2D eigenvalue weighted by molar-refractivity contribution is 0.362. The molecule has 31 heavy (non-hydrogen) atoms. The summed E-state index contributed by atoms with van der Waals surface area (Å²) >= 11 is 13.3. The number of rotatable bonds is 5. The van der Waals surface area contributed by atoms with Crippen LogP contribution in [-0.2, 0) is 36.1 Å². The van der Waals surface area contributed by atoms with E-state index in [-0.39, 0.29) is 47.2 Å². The van der Waals surface area contributed by atoms with Gasteiger partial charge in [-0.25, -0.2) is 9.37 Å². The second-order valence-electron chi connectivity index (χ2n) is 7.37. The minimum atomic E-state index is -3.54. The SMILES string of the molecule is CN(C)S(=O)(=O)N1CCc2c(sc3ncn(CCc4c(Cl)ccc(Cl)c4F)c(=O)c23)C1. The quantitative estimate of drug-likeness (QED) is 0.499. The van der Waals surface area contributed by atoms with Gasteiger partial charge in [0, 0.05) is 49.2 Å². The van der Waals surface area contributed by atoms with Crippen LogP contribution in [0.3, 0.4) is 0 Å². The van der Waals surface area contributed by atoms with E-state index in [9.17, 15) is 17.6 Å². The zero-order valence-electron chi connectivity index (χ0n) is 16.7. The molecule has 0 amide bonds. The average molecular weight is 505 g/mol. The molecule has 0 unspecified atom stereocenters. The molecule has 0 aliphatic carbocycles. The number of halogens is 3. The molecule has 7 nitrogen and oxygen atoms in total. The highest BCUT2D eigenvalue weighted by Crippen LogP contribution is 2.33. The van der Waals surface area contributed by atoms with Gasteiger partial charge in [0.05, 0.1) is 16.7 Å². The number of benzene rings is 1. The van der Waals surface area contributed by atoms with Gasteiger partial charge < -0.3 is 0 Å². The lowest BCUT2D eigenvalue weighted by Crippen LogP contribution is -2.42. The Balaban J connectivity index is 1.66. The van der Waals surface area contributed by atoms with Crippen molar-refractivity contribution in [2.24, 2.45) is 0 Å². The first-order chi connectivity index (χ1) is 14.6. The first-order valence-corrected chi connectivity index (χ1v) is 12.4. The Labute approximate surface area is 192 Å². The van der Waals surface area contributed by atoms with Gasteiger partial charge in [-0.3, -0.25) is 9.36 Å². The van der Waals surface area contributed by atoms with Crippen LogP contribution in [0, 0.1) is 5.82 Å². The van der Waals surface area contributed by atoms with Crippen LogP contribution in [0.15, 0.2) is 23.3 Å². The smallest absolute Gasteiger partial charge is 0.281 e. The molecule has 3 heterocycles. The minimum absolute atomic E-state index is 0.0236. The standard InChI is InChI=1S/C19H19Cl2FN4O3S2/c1-24(2)31(28,29)26-8-6-12-15(9-26)30-18-16(12)19(27)25(10-23-18)7-5-11-13(20)3-4-14(21)17(11)22/h3-4,10H,5-9H2,1-2H3. The van der Waals surface area contributed by atoms with E-state index in [4.69, 9.17) is 23.2 Å². The van der Waals surface area contributed by atoms with Crippen LogP contribution in [0.1, 0.15) is 16.0 Å². The molecule has 3 aromatic rings. The summed E-state index contributed by atoms with van der Waals surface area (Å²) in [6.45, 7) is 0.682. The summed E-state index contributed by atoms with van der Waals surface area (Å²) in [5.74, 6) is -0.591. The molecule has 1 aliphatic rings. The van der Waals surface area contributed by atoms with Crippen molar-refractivity contribution < 1.29 is 12.8 Å². The number of hydrogen-bond acceptors (Lipinski definition) is 5. The molecule has 0 fully saturated rings. The third-order valence-electron chi connectivity index (χ3n) is 5.32. The van der Waals surface area contributed by atoms with E-state index in [1.54, 1.807) is 0 Å². The Morgan fingerprint density at radius 3 is 2.68 bits per heavy atom. The molecule has 0 saturated heterocycles. The van der Waals surface area contributed by atoms with Gasteiger partial charge in [-0.2, -0.15) is 17.0 Å². The Morgan fingerprint density at radius 2 is 1.97 bits per heavy atom. The molecule has 1 aliphatic heterocycles. The van der Waals surface area contributed by atoms with Crippen molar-refractivity contribution in [1.29, 1.82) is 0 Å². The number of nitrogens with zero attached hydrogens (tertiary/aromatic N) is 4. The van der Waals surface area contributed by atoms with Gasteiger partial charge >= 0.3 is 0 Å². The number of aromatic nitrogens is 2. The first kappa shape index (κ1) is 22.6. The molecule has 0 atom stereocenters. The van der Waals surface area contributed by atoms with Gasteiger partial charge in [0.1, 0.15) is 10.6 Å². The monoisotopic (exact) mass is 504 g/mol. The summed E-state index contributed by atoms with van der Waals surface area (Å²) in [5, 5.41) is 0.727. The summed E-state index contributed by atoms with van der Waals surface area (Å²) in [6.07, 6.45) is 2.04.